The summed E-state index contributed by atoms with van der Waals surface area (Å²) < 4.78 is 152. The number of halogens is 9. The van der Waals surface area contributed by atoms with E-state index < -0.39 is 109 Å². The van der Waals surface area contributed by atoms with Crippen molar-refractivity contribution in [3.63, 3.8) is 0 Å². The van der Waals surface area contributed by atoms with E-state index in [1.807, 2.05) is 0 Å². The third-order valence-corrected chi connectivity index (χ3v) is 14.9. The van der Waals surface area contributed by atoms with E-state index in [-0.39, 0.29) is 121 Å². The summed E-state index contributed by atoms with van der Waals surface area (Å²) in [5.74, 6) is -10.5. The molecule has 4 aromatic rings. The number of carbonyl (C=O) groups is 2. The Hall–Kier alpha value is -3.09. The second kappa shape index (κ2) is 29.4. The van der Waals surface area contributed by atoms with Crippen LogP contribution in [0.4, 0.5) is 37.7 Å². The molecule has 4 N–H and O–H groups in total. The van der Waals surface area contributed by atoms with Gasteiger partial charge in [0, 0.05) is 48.8 Å². The number of hydrogen-bond donors (Lipinski definition) is 4. The standard InChI is InChI=1S/C20H19Cl2F3N2O5S.C20H18ClF3N2O5S.C4H8O.C4H9O.K/c21-6-8-32-16-4-1-12(19(29)26-13-2-3-15(23)14(22)10-13)9-17(16)33(30,31)27-7-5-18(28)20(24,25)11-27;1-2-31-16-6-3-12(19(28)25-13-4-5-15(22)14(21)10-13)9-17(16)32(29,30)26-8-7-18(27)20(23,24)11-26;1-2-4-5-3-1;1-4(2,3)5;/h1-4,9-10,18,28H,5-8,11H2,(H,26,29);2-6,9-10,18,27H,1,7-8,11H2,(H,25,28);1-4H2;1-3H3;/q;;;-1;+1. The number of anilines is 2. The van der Waals surface area contributed by atoms with Crippen LogP contribution in [0.5, 0.6) is 11.5 Å². The molecule has 3 aliphatic heterocycles. The summed E-state index contributed by atoms with van der Waals surface area (Å²) in [5, 5.41) is 33.4. The van der Waals surface area contributed by atoms with Gasteiger partial charge in [0.25, 0.3) is 23.7 Å². The predicted octanol–water partition coefficient (Wildman–Crippen LogP) is 5.33. The molecule has 3 heterocycles. The van der Waals surface area contributed by atoms with Gasteiger partial charge in [0.2, 0.25) is 20.0 Å². The molecule has 76 heavy (non-hydrogen) atoms. The summed E-state index contributed by atoms with van der Waals surface area (Å²) in [6.07, 6.45) is -1.35. The number of nitrogens with zero attached hydrogens (tertiary/aromatic N) is 2. The zero-order valence-corrected chi connectivity index (χ0v) is 48.5. The first-order valence-electron chi connectivity index (χ1n) is 22.6. The summed E-state index contributed by atoms with van der Waals surface area (Å²) in [7, 11) is -9.07. The van der Waals surface area contributed by atoms with E-state index in [2.05, 4.69) is 17.2 Å². The van der Waals surface area contributed by atoms with Gasteiger partial charge in [-0.3, -0.25) is 9.59 Å². The molecule has 2 atom stereocenters. The van der Waals surface area contributed by atoms with Crippen molar-refractivity contribution < 1.29 is 134 Å². The Balaban J connectivity index is 0.000000334. The molecule has 3 fully saturated rings. The maximum absolute atomic E-state index is 14.0. The molecule has 0 aromatic heterocycles. The van der Waals surface area contributed by atoms with Crippen molar-refractivity contribution in [3.8, 4) is 11.5 Å². The molecule has 0 bridgehead atoms. The quantitative estimate of drug-likeness (QED) is 0.0578. The molecule has 16 nitrogen and oxygen atoms in total. The predicted molar refractivity (Wildman–Crippen MR) is 267 cm³/mol. The third kappa shape index (κ3) is 19.6. The average Bonchev–Trinajstić information content (AvgIpc) is 3.93. The van der Waals surface area contributed by atoms with Crippen molar-refractivity contribution in [2.24, 2.45) is 0 Å². The Morgan fingerprint density at radius 1 is 0.763 bits per heavy atom. The van der Waals surface area contributed by atoms with Crippen molar-refractivity contribution in [1.82, 2.24) is 8.61 Å². The van der Waals surface area contributed by atoms with E-state index in [1.165, 1.54) is 61.4 Å². The molecule has 2 amide bonds. The fourth-order valence-electron chi connectivity index (χ4n) is 6.70. The monoisotopic (exact) mass is 1200 g/mol. The topological polar surface area (TPSA) is 224 Å². The van der Waals surface area contributed by atoms with Crippen LogP contribution in [0.2, 0.25) is 10.0 Å². The first-order chi connectivity index (χ1) is 34.9. The van der Waals surface area contributed by atoms with Gasteiger partial charge in [-0.15, -0.1) is 17.2 Å². The Bertz CT molecular complexity index is 2860. The van der Waals surface area contributed by atoms with Gasteiger partial charge in [-0.25, -0.2) is 43.2 Å². The van der Waals surface area contributed by atoms with Crippen LogP contribution >= 0.6 is 34.8 Å². The second-order valence-electron chi connectivity index (χ2n) is 17.6. The van der Waals surface area contributed by atoms with E-state index in [1.54, 1.807) is 20.8 Å². The number of rotatable bonds is 13. The molecule has 3 saturated heterocycles. The maximum Gasteiger partial charge on any atom is 1.00 e. The van der Waals surface area contributed by atoms with Crippen LogP contribution in [-0.2, 0) is 24.8 Å². The van der Waals surface area contributed by atoms with Crippen molar-refractivity contribution in [3.05, 3.63) is 118 Å². The number of piperidine rings is 2. The Morgan fingerprint density at radius 3 is 1.50 bits per heavy atom. The van der Waals surface area contributed by atoms with E-state index in [0.29, 0.717) is 8.61 Å². The van der Waals surface area contributed by atoms with Crippen molar-refractivity contribution >= 4 is 78.0 Å². The molecule has 7 rings (SSSR count). The number of aliphatic hydroxyl groups is 2. The molecule has 2 unspecified atom stereocenters. The van der Waals surface area contributed by atoms with Gasteiger partial charge >= 0.3 is 51.4 Å². The number of sulfonamides is 2. The number of hydrogen-bond acceptors (Lipinski definition) is 12. The Kier molecular flexibility index (Phi) is 26.0. The van der Waals surface area contributed by atoms with Crippen LogP contribution in [0.3, 0.4) is 0 Å². The van der Waals surface area contributed by atoms with Gasteiger partial charge in [-0.2, -0.15) is 8.61 Å². The number of amides is 2. The summed E-state index contributed by atoms with van der Waals surface area (Å²) >= 11 is 17.0. The van der Waals surface area contributed by atoms with Gasteiger partial charge in [0.1, 0.15) is 51.7 Å². The van der Waals surface area contributed by atoms with E-state index >= 15 is 0 Å². The van der Waals surface area contributed by atoms with E-state index in [0.717, 1.165) is 43.7 Å². The van der Waals surface area contributed by atoms with Crippen LogP contribution in [-0.4, -0.2) is 129 Å². The van der Waals surface area contributed by atoms with Gasteiger partial charge in [0.05, 0.1) is 35.3 Å². The minimum absolute atomic E-state index is 0. The van der Waals surface area contributed by atoms with Crippen LogP contribution in [0.15, 0.2) is 95.4 Å². The van der Waals surface area contributed by atoms with Crippen molar-refractivity contribution in [1.29, 1.82) is 0 Å². The van der Waals surface area contributed by atoms with Crippen LogP contribution in [0.1, 0.15) is 67.2 Å². The van der Waals surface area contributed by atoms with Gasteiger partial charge in [-0.05, 0) is 98.5 Å². The summed E-state index contributed by atoms with van der Waals surface area (Å²) in [5.41, 5.74) is -0.704. The fourth-order valence-corrected chi connectivity index (χ4v) is 10.4. The number of carbonyl (C=O) groups excluding carboxylic acids is 2. The SMILES string of the molecule is C1CCOC1.C=COc1ccc(C(=O)Nc2ccc(F)c(Cl)c2)cc1S(=O)(=O)N1CCC(O)C(F)(F)C1.CC(C)(C)[O-].O=C(Nc1ccc(F)c(Cl)c1)c1ccc(OCCCl)c(S(=O)(=O)N2CCC(O)C(F)(F)C2)c1.[K+]. The summed E-state index contributed by atoms with van der Waals surface area (Å²) in [4.78, 5) is 24.2. The first kappa shape index (κ1) is 67.2. The number of aliphatic hydroxyl groups excluding tert-OH is 2. The maximum atomic E-state index is 14.0. The largest absolute Gasteiger partial charge is 1.00 e. The zero-order valence-electron chi connectivity index (χ0n) is 41.4. The minimum Gasteiger partial charge on any atom is -0.850 e. The Morgan fingerprint density at radius 2 is 1.16 bits per heavy atom. The van der Waals surface area contributed by atoms with Crippen molar-refractivity contribution in [2.75, 3.05) is 62.5 Å². The molecule has 0 saturated carbocycles. The minimum atomic E-state index is -4.54. The smallest absolute Gasteiger partial charge is 0.850 e. The molecule has 0 spiro atoms. The van der Waals surface area contributed by atoms with Crippen molar-refractivity contribution in [2.45, 2.75) is 85.9 Å². The Labute approximate surface area is 494 Å². The van der Waals surface area contributed by atoms with Crippen LogP contribution in [0, 0.1) is 11.6 Å². The number of ether oxygens (including phenoxy) is 3. The van der Waals surface area contributed by atoms with Crippen LogP contribution in [0.25, 0.3) is 0 Å². The van der Waals surface area contributed by atoms with Gasteiger partial charge < -0.3 is 40.2 Å². The molecule has 0 aliphatic carbocycles. The fraction of sp³-hybridized carbons (Fsp3) is 0.417. The normalized spacial score (nSPS) is 18.4. The molecule has 3 aliphatic rings. The molecule has 28 heteroatoms. The molecular weight excluding hydrogens is 1150 g/mol. The van der Waals surface area contributed by atoms with E-state index in [9.17, 15) is 68.1 Å². The molecule has 414 valence electrons. The first-order valence-corrected chi connectivity index (χ1v) is 26.8. The van der Waals surface area contributed by atoms with Gasteiger partial charge in [0.15, 0.2) is 0 Å². The molecule has 4 aromatic carbocycles. The van der Waals surface area contributed by atoms with E-state index in [4.69, 9.17) is 49.0 Å². The molecule has 0 radical (unpaired) electrons. The number of nitrogens with one attached hydrogen (secondary N) is 2. The van der Waals surface area contributed by atoms with Crippen LogP contribution < -0.4 is 76.6 Å². The third-order valence-electron chi connectivity index (χ3n) is 10.4. The zero-order chi connectivity index (χ0) is 56.1. The summed E-state index contributed by atoms with van der Waals surface area (Å²) in [6, 6.07) is 13.8. The number of alkyl halides is 5. The average molecular weight is 1200 g/mol. The summed E-state index contributed by atoms with van der Waals surface area (Å²) in [6.45, 7) is 7.02. The van der Waals surface area contributed by atoms with Gasteiger partial charge in [-0.1, -0.05) is 50.6 Å². The number of benzene rings is 4. The second-order valence-corrected chi connectivity index (χ2v) is 22.6. The molecular formula is C48H54Cl3F6KN4O12S2.